The van der Waals surface area contributed by atoms with E-state index in [1.165, 1.54) is 22.8 Å². The second-order valence-corrected chi connectivity index (χ2v) is 9.79. The van der Waals surface area contributed by atoms with Crippen molar-refractivity contribution in [1.82, 2.24) is 14.6 Å². The van der Waals surface area contributed by atoms with E-state index in [0.717, 1.165) is 0 Å². The molecule has 0 spiro atoms. The molecule has 2 amide bonds. The molecule has 0 radical (unpaired) electrons. The minimum atomic E-state index is -1.74. The summed E-state index contributed by atoms with van der Waals surface area (Å²) in [5.41, 5.74) is 0.741. The molecule has 5 aromatic rings. The molecule has 13 heteroatoms. The van der Waals surface area contributed by atoms with Crippen LogP contribution in [0.5, 0.6) is 11.5 Å². The zero-order chi connectivity index (χ0) is 27.5. The number of phenols is 2. The van der Waals surface area contributed by atoms with Crippen molar-refractivity contribution >= 4 is 55.4 Å². The molecule has 13 nitrogen and oxygen atoms in total. The number of aliphatic hydroxyl groups excluding tert-OH is 4. The highest BCUT2D eigenvalue weighted by Crippen LogP contribution is 2.49. The summed E-state index contributed by atoms with van der Waals surface area (Å²) in [6, 6.07) is 9.16. The number of hydrogen-bond donors (Lipinski definition) is 8. The number of aromatic amines is 1. The van der Waals surface area contributed by atoms with Gasteiger partial charge in [0.1, 0.15) is 35.9 Å². The van der Waals surface area contributed by atoms with Crippen LogP contribution in [0.2, 0.25) is 0 Å². The maximum Gasteiger partial charge on any atom is 0.276 e. The van der Waals surface area contributed by atoms with Crippen molar-refractivity contribution in [3.63, 3.8) is 0 Å². The number of nitrogens with one attached hydrogen (secondary N) is 1. The van der Waals surface area contributed by atoms with Gasteiger partial charge in [0.2, 0.25) is 0 Å². The molecule has 2 aliphatic rings. The maximum atomic E-state index is 13.4. The molecule has 0 unspecified atom stereocenters. The molecule has 39 heavy (non-hydrogen) atoms. The molecule has 0 saturated carbocycles. The summed E-state index contributed by atoms with van der Waals surface area (Å²) in [6.07, 6.45) is -7.87. The first-order valence-electron chi connectivity index (χ1n) is 12.1. The van der Waals surface area contributed by atoms with Crippen molar-refractivity contribution in [2.24, 2.45) is 5.84 Å². The first-order chi connectivity index (χ1) is 18.7. The Morgan fingerprint density at radius 1 is 0.821 bits per heavy atom. The van der Waals surface area contributed by atoms with Crippen molar-refractivity contribution in [3.05, 3.63) is 47.5 Å². The van der Waals surface area contributed by atoms with E-state index in [1.54, 1.807) is 18.2 Å². The molecule has 200 valence electrons. The number of aliphatic hydroxyl groups is 4. The van der Waals surface area contributed by atoms with Gasteiger partial charge in [-0.15, -0.1) is 0 Å². The number of carbonyl (C=O) groups excluding carboxylic acids is 2. The summed E-state index contributed by atoms with van der Waals surface area (Å²) >= 11 is 0. The third-order valence-electron chi connectivity index (χ3n) is 7.79. The monoisotopic (exact) mass is 534 g/mol. The quantitative estimate of drug-likeness (QED) is 0.0879. The van der Waals surface area contributed by atoms with Crippen molar-refractivity contribution in [2.75, 3.05) is 6.61 Å². The van der Waals surface area contributed by atoms with Gasteiger partial charge in [0.05, 0.1) is 39.8 Å². The van der Waals surface area contributed by atoms with Crippen LogP contribution in [0.1, 0.15) is 26.9 Å². The Morgan fingerprint density at radius 3 is 2.15 bits per heavy atom. The maximum absolute atomic E-state index is 13.4. The molecule has 3 aromatic carbocycles. The SMILES string of the molecule is NN1C(=O)c2c(c3c4cccc(O)c4n([C@@H]4O[C@H](CO)[C@@H](O)[C@H](O)[C@H]4O)c3c3[nH]c4c(O)cccc4c23)C1=O. The molecule has 9 N–H and O–H groups in total. The van der Waals surface area contributed by atoms with Crippen LogP contribution < -0.4 is 5.84 Å². The third-order valence-corrected chi connectivity index (χ3v) is 7.79. The average Bonchev–Trinajstić information content (AvgIpc) is 3.54. The summed E-state index contributed by atoms with van der Waals surface area (Å²) < 4.78 is 7.23. The minimum absolute atomic E-state index is 0.00181. The van der Waals surface area contributed by atoms with Gasteiger partial charge in [-0.05, 0) is 12.1 Å². The molecule has 5 atom stereocenters. The van der Waals surface area contributed by atoms with Gasteiger partial charge in [0.15, 0.2) is 6.23 Å². The number of carbonyl (C=O) groups is 2. The number of benzene rings is 3. The van der Waals surface area contributed by atoms with Gasteiger partial charge in [-0.25, -0.2) is 10.9 Å². The smallest absolute Gasteiger partial charge is 0.276 e. The molecular formula is C26H22N4O9. The minimum Gasteiger partial charge on any atom is -0.506 e. The van der Waals surface area contributed by atoms with Gasteiger partial charge in [0.25, 0.3) is 11.8 Å². The second kappa shape index (κ2) is 7.89. The fraction of sp³-hybridized carbons (Fsp3) is 0.231. The lowest BCUT2D eigenvalue weighted by Gasteiger charge is -2.41. The Morgan fingerprint density at radius 2 is 1.46 bits per heavy atom. The molecule has 2 aliphatic heterocycles. The third kappa shape index (κ3) is 2.83. The van der Waals surface area contributed by atoms with E-state index in [0.29, 0.717) is 15.8 Å². The number of hydrogen-bond acceptors (Lipinski definition) is 10. The Bertz CT molecular complexity index is 1890. The van der Waals surface area contributed by atoms with Gasteiger partial charge in [-0.2, -0.15) is 0 Å². The van der Waals surface area contributed by atoms with Crippen LogP contribution >= 0.6 is 0 Å². The first-order valence-corrected chi connectivity index (χ1v) is 12.1. The van der Waals surface area contributed by atoms with Crippen molar-refractivity contribution in [2.45, 2.75) is 30.6 Å². The first kappa shape index (κ1) is 23.8. The number of imide groups is 1. The highest BCUT2D eigenvalue weighted by molar-refractivity contribution is 6.39. The molecule has 1 saturated heterocycles. The molecule has 2 aromatic heterocycles. The predicted octanol–water partition coefficient (Wildman–Crippen LogP) is 0.282. The van der Waals surface area contributed by atoms with E-state index in [4.69, 9.17) is 10.6 Å². The topological polar surface area (TPSA) is 215 Å². The molecule has 0 aliphatic carbocycles. The lowest BCUT2D eigenvalue weighted by atomic mass is 9.96. The van der Waals surface area contributed by atoms with Gasteiger partial charge >= 0.3 is 0 Å². The van der Waals surface area contributed by atoms with Crippen molar-refractivity contribution in [3.8, 4) is 11.5 Å². The van der Waals surface area contributed by atoms with E-state index >= 15 is 0 Å². The standard InChI is InChI=1S/C26H22N4O9/c27-30-24(37)15-13-8-3-1-5-10(32)17(8)28-18(13)20-14(16(15)25(30)38)9-4-2-6-11(33)19(9)29(20)26-23(36)22(35)21(34)12(7-31)39-26/h1-6,12,21-23,26,28,31-36H,7,27H2/t12-,21-,22+,23-,26-/m1/s1. The Labute approximate surface area is 217 Å². The van der Waals surface area contributed by atoms with Crippen LogP contribution in [0.4, 0.5) is 0 Å². The lowest BCUT2D eigenvalue weighted by Crippen LogP contribution is -2.56. The van der Waals surface area contributed by atoms with E-state index < -0.39 is 49.1 Å². The Hall–Kier alpha value is -4.24. The van der Waals surface area contributed by atoms with E-state index in [2.05, 4.69) is 4.98 Å². The fourth-order valence-corrected chi connectivity index (χ4v) is 6.04. The number of fused-ring (bicyclic) bond motifs is 10. The summed E-state index contributed by atoms with van der Waals surface area (Å²) in [5, 5.41) is 65.2. The van der Waals surface area contributed by atoms with Crippen LogP contribution in [0, 0.1) is 0 Å². The van der Waals surface area contributed by atoms with Crippen LogP contribution in [-0.4, -0.2) is 88.0 Å². The van der Waals surface area contributed by atoms with Gasteiger partial charge in [-0.1, -0.05) is 24.3 Å². The Kier molecular flexibility index (Phi) is 4.82. The summed E-state index contributed by atoms with van der Waals surface area (Å²) in [6.45, 7) is -0.690. The highest BCUT2D eigenvalue weighted by Gasteiger charge is 2.47. The number of aromatic hydroxyl groups is 2. The molecule has 7 rings (SSSR count). The molecule has 1 fully saturated rings. The van der Waals surface area contributed by atoms with Crippen LogP contribution in [0.25, 0.3) is 43.6 Å². The average molecular weight is 534 g/mol. The largest absolute Gasteiger partial charge is 0.506 e. The number of nitrogens with zero attached hydrogens (tertiary/aromatic N) is 2. The number of phenolic OH excluding ortho intramolecular Hbond substituents is 2. The number of aromatic nitrogens is 2. The normalized spacial score (nSPS) is 25.6. The lowest BCUT2D eigenvalue weighted by molar-refractivity contribution is -0.249. The number of amides is 2. The van der Waals surface area contributed by atoms with Crippen LogP contribution in [0.3, 0.4) is 0 Å². The zero-order valence-electron chi connectivity index (χ0n) is 19.9. The number of hydrazine groups is 1. The number of H-pyrrole nitrogens is 1. The number of nitrogens with two attached hydrogens (primary N) is 1. The molecule has 4 heterocycles. The predicted molar refractivity (Wildman–Crippen MR) is 136 cm³/mol. The van der Waals surface area contributed by atoms with Crippen molar-refractivity contribution < 1.29 is 45.0 Å². The van der Waals surface area contributed by atoms with Gasteiger partial charge in [0, 0.05) is 21.5 Å². The Balaban J connectivity index is 1.75. The molecular weight excluding hydrogens is 512 g/mol. The van der Waals surface area contributed by atoms with E-state index in [1.807, 2.05) is 0 Å². The fourth-order valence-electron chi connectivity index (χ4n) is 6.04. The van der Waals surface area contributed by atoms with Crippen molar-refractivity contribution in [1.29, 1.82) is 0 Å². The number of para-hydroxylation sites is 2. The highest BCUT2D eigenvalue weighted by atomic mass is 16.6. The number of rotatable bonds is 2. The van der Waals surface area contributed by atoms with E-state index in [-0.39, 0.29) is 55.5 Å². The van der Waals surface area contributed by atoms with Gasteiger partial charge in [-0.3, -0.25) is 9.59 Å². The number of ether oxygens (including phenoxy) is 1. The zero-order valence-corrected chi connectivity index (χ0v) is 19.9. The molecule has 0 bridgehead atoms. The summed E-state index contributed by atoms with van der Waals surface area (Å²) in [7, 11) is 0. The summed E-state index contributed by atoms with van der Waals surface area (Å²) in [4.78, 5) is 29.8. The van der Waals surface area contributed by atoms with Gasteiger partial charge < -0.3 is 44.9 Å². The van der Waals surface area contributed by atoms with E-state index in [9.17, 15) is 40.2 Å². The van der Waals surface area contributed by atoms with Crippen LogP contribution in [-0.2, 0) is 4.74 Å². The second-order valence-electron chi connectivity index (χ2n) is 9.79. The summed E-state index contributed by atoms with van der Waals surface area (Å²) in [5.74, 6) is 3.91. The van der Waals surface area contributed by atoms with Crippen LogP contribution in [0.15, 0.2) is 36.4 Å².